The molecule has 0 bridgehead atoms. The highest BCUT2D eigenvalue weighted by molar-refractivity contribution is 5.80. The van der Waals surface area contributed by atoms with Crippen molar-refractivity contribution in [1.82, 2.24) is 34.2 Å². The van der Waals surface area contributed by atoms with Crippen molar-refractivity contribution >= 4 is 5.78 Å². The Labute approximate surface area is 260 Å². The maximum absolute atomic E-state index is 14.4. The van der Waals surface area contributed by atoms with Gasteiger partial charge in [-0.15, -0.1) is 0 Å². The predicted molar refractivity (Wildman–Crippen MR) is 172 cm³/mol. The standard InChI is InChI=1S/C35H35N7O3/c1-2-8-31-30(21-24-13-15-26(16-14-24)28-11-6-7-12-29(28)32-38-35(44)45-39-32)33(43)41(34-36-23-37-42(31)34)27-17-19-40(20-18-27)22-25-9-4-3-5-10-25/h3-7,9-16,23,27H,2,8,17-22H2,1H3,(H,38,39,44). The summed E-state index contributed by atoms with van der Waals surface area (Å²) in [6, 6.07) is 26.5. The van der Waals surface area contributed by atoms with Crippen molar-refractivity contribution in [2.24, 2.45) is 0 Å². The molecule has 6 aromatic rings. The average Bonchev–Trinajstić information content (AvgIpc) is 3.74. The normalized spacial score (nSPS) is 14.3. The van der Waals surface area contributed by atoms with Gasteiger partial charge in [0.25, 0.3) is 5.56 Å². The molecule has 1 N–H and O–H groups in total. The van der Waals surface area contributed by atoms with E-state index in [2.05, 4.69) is 68.4 Å². The molecule has 228 valence electrons. The number of rotatable bonds is 9. The van der Waals surface area contributed by atoms with Crippen LogP contribution in [0.1, 0.15) is 54.6 Å². The number of nitrogens with one attached hydrogen (secondary N) is 1. The van der Waals surface area contributed by atoms with Gasteiger partial charge in [0.15, 0.2) is 5.82 Å². The zero-order valence-electron chi connectivity index (χ0n) is 25.2. The monoisotopic (exact) mass is 601 g/mol. The number of aromatic amines is 1. The summed E-state index contributed by atoms with van der Waals surface area (Å²) in [6.45, 7) is 4.88. The number of nitrogens with zero attached hydrogens (tertiary/aromatic N) is 6. The second kappa shape index (κ2) is 12.5. The van der Waals surface area contributed by atoms with E-state index in [9.17, 15) is 9.59 Å². The van der Waals surface area contributed by atoms with Crippen LogP contribution in [-0.4, -0.2) is 47.3 Å². The molecule has 0 unspecified atom stereocenters. The minimum atomic E-state index is -0.592. The number of hydrogen-bond donors (Lipinski definition) is 1. The van der Waals surface area contributed by atoms with Gasteiger partial charge in [-0.2, -0.15) is 10.1 Å². The van der Waals surface area contributed by atoms with E-state index in [1.54, 1.807) is 6.33 Å². The number of likely N-dealkylation sites (tertiary alicyclic amines) is 1. The molecule has 0 aliphatic carbocycles. The number of aromatic nitrogens is 6. The van der Waals surface area contributed by atoms with E-state index in [0.717, 1.165) is 78.8 Å². The smallest absolute Gasteiger partial charge is 0.299 e. The van der Waals surface area contributed by atoms with E-state index in [0.29, 0.717) is 18.0 Å². The molecule has 3 aromatic carbocycles. The summed E-state index contributed by atoms with van der Waals surface area (Å²) in [5, 5.41) is 8.47. The Morgan fingerprint density at radius 1 is 0.889 bits per heavy atom. The van der Waals surface area contributed by atoms with E-state index in [4.69, 9.17) is 4.52 Å². The van der Waals surface area contributed by atoms with Crippen LogP contribution in [0.2, 0.25) is 0 Å². The third-order valence-electron chi connectivity index (χ3n) is 8.75. The Kier molecular flexibility index (Phi) is 7.96. The number of hydrogen-bond acceptors (Lipinski definition) is 7. The fourth-order valence-electron chi connectivity index (χ4n) is 6.55. The summed E-state index contributed by atoms with van der Waals surface area (Å²) in [7, 11) is 0. The molecule has 1 fully saturated rings. The van der Waals surface area contributed by atoms with Crippen molar-refractivity contribution in [2.45, 2.75) is 51.6 Å². The Morgan fingerprint density at radius 2 is 1.62 bits per heavy atom. The van der Waals surface area contributed by atoms with Crippen LogP contribution in [0.4, 0.5) is 0 Å². The summed E-state index contributed by atoms with van der Waals surface area (Å²) < 4.78 is 8.53. The summed E-state index contributed by atoms with van der Waals surface area (Å²) in [5.74, 6) is 0.425. The van der Waals surface area contributed by atoms with Gasteiger partial charge in [-0.1, -0.05) is 97.4 Å². The van der Waals surface area contributed by atoms with Crippen molar-refractivity contribution in [3.63, 3.8) is 0 Å². The first kappa shape index (κ1) is 28.7. The summed E-state index contributed by atoms with van der Waals surface area (Å²) >= 11 is 0. The molecule has 0 amide bonds. The average molecular weight is 602 g/mol. The molecular weight excluding hydrogens is 566 g/mol. The zero-order chi connectivity index (χ0) is 30.8. The first-order valence-corrected chi connectivity index (χ1v) is 15.6. The third-order valence-corrected chi connectivity index (χ3v) is 8.75. The molecule has 4 heterocycles. The van der Waals surface area contributed by atoms with Crippen molar-refractivity contribution in [3.05, 3.63) is 128 Å². The Hall–Kier alpha value is -5.09. The highest BCUT2D eigenvalue weighted by Crippen LogP contribution is 2.30. The van der Waals surface area contributed by atoms with Gasteiger partial charge in [0.05, 0.1) is 5.69 Å². The lowest BCUT2D eigenvalue weighted by atomic mass is 9.96. The highest BCUT2D eigenvalue weighted by Gasteiger charge is 2.27. The number of benzene rings is 3. The molecule has 7 rings (SSSR count). The molecule has 10 heteroatoms. The second-order valence-corrected chi connectivity index (χ2v) is 11.7. The predicted octanol–water partition coefficient (Wildman–Crippen LogP) is 5.28. The topological polar surface area (TPSA) is 114 Å². The van der Waals surface area contributed by atoms with Crippen LogP contribution in [-0.2, 0) is 19.4 Å². The Morgan fingerprint density at radius 3 is 2.33 bits per heavy atom. The maximum atomic E-state index is 14.4. The lowest BCUT2D eigenvalue weighted by Gasteiger charge is -2.33. The molecule has 1 saturated heterocycles. The molecule has 10 nitrogen and oxygen atoms in total. The van der Waals surface area contributed by atoms with Crippen molar-refractivity contribution in [1.29, 1.82) is 0 Å². The summed E-state index contributed by atoms with van der Waals surface area (Å²) in [5.41, 5.74) is 6.74. The molecular formula is C35H35N7O3. The molecule has 0 spiro atoms. The second-order valence-electron chi connectivity index (χ2n) is 11.7. The summed E-state index contributed by atoms with van der Waals surface area (Å²) in [6.07, 6.45) is 5.45. The number of fused-ring (bicyclic) bond motifs is 1. The lowest BCUT2D eigenvalue weighted by Crippen LogP contribution is -2.39. The first-order valence-electron chi connectivity index (χ1n) is 15.6. The fourth-order valence-corrected chi connectivity index (χ4v) is 6.55. The van der Waals surface area contributed by atoms with E-state index in [-0.39, 0.29) is 11.6 Å². The van der Waals surface area contributed by atoms with Crippen molar-refractivity contribution < 1.29 is 4.52 Å². The van der Waals surface area contributed by atoms with Gasteiger partial charge >= 0.3 is 5.76 Å². The minimum Gasteiger partial charge on any atom is -0.299 e. The largest absolute Gasteiger partial charge is 0.439 e. The van der Waals surface area contributed by atoms with Crippen LogP contribution in [0.3, 0.4) is 0 Å². The summed E-state index contributed by atoms with van der Waals surface area (Å²) in [4.78, 5) is 35.6. The quantitative estimate of drug-likeness (QED) is 0.240. The fraction of sp³-hybridized carbons (Fsp3) is 0.286. The van der Waals surface area contributed by atoms with E-state index >= 15 is 0 Å². The lowest BCUT2D eigenvalue weighted by molar-refractivity contribution is 0.179. The van der Waals surface area contributed by atoms with Crippen molar-refractivity contribution in [2.75, 3.05) is 13.1 Å². The van der Waals surface area contributed by atoms with Gasteiger partial charge in [0, 0.05) is 43.2 Å². The number of piperidine rings is 1. The van der Waals surface area contributed by atoms with Crippen LogP contribution in [0.15, 0.2) is 99.3 Å². The first-order chi connectivity index (χ1) is 22.1. The van der Waals surface area contributed by atoms with E-state index < -0.39 is 5.76 Å². The molecule has 0 saturated carbocycles. The molecule has 1 aliphatic rings. The van der Waals surface area contributed by atoms with Gasteiger partial charge in [-0.3, -0.25) is 23.8 Å². The molecule has 0 atom stereocenters. The Balaban J connectivity index is 1.18. The van der Waals surface area contributed by atoms with Crippen LogP contribution in [0.5, 0.6) is 0 Å². The number of H-pyrrole nitrogens is 1. The highest BCUT2D eigenvalue weighted by atomic mass is 16.5. The molecule has 1 aliphatic heterocycles. The van der Waals surface area contributed by atoms with Gasteiger partial charge in [0.1, 0.15) is 6.33 Å². The van der Waals surface area contributed by atoms with E-state index in [1.165, 1.54) is 5.56 Å². The van der Waals surface area contributed by atoms with Crippen molar-refractivity contribution in [3.8, 4) is 22.5 Å². The van der Waals surface area contributed by atoms with Gasteiger partial charge in [-0.25, -0.2) is 9.31 Å². The van der Waals surface area contributed by atoms with Crippen LogP contribution >= 0.6 is 0 Å². The Bertz CT molecular complexity index is 2030. The van der Waals surface area contributed by atoms with E-state index in [1.807, 2.05) is 51.5 Å². The van der Waals surface area contributed by atoms with Crippen LogP contribution in [0.25, 0.3) is 28.3 Å². The molecule has 3 aromatic heterocycles. The maximum Gasteiger partial charge on any atom is 0.439 e. The zero-order valence-corrected chi connectivity index (χ0v) is 25.2. The van der Waals surface area contributed by atoms with Crippen LogP contribution in [0, 0.1) is 0 Å². The van der Waals surface area contributed by atoms with Gasteiger partial charge in [0.2, 0.25) is 5.78 Å². The van der Waals surface area contributed by atoms with Crippen LogP contribution < -0.4 is 11.3 Å². The van der Waals surface area contributed by atoms with Gasteiger partial charge < -0.3 is 0 Å². The SMILES string of the molecule is CCCc1c(Cc2ccc(-c3ccccc3-c3noc(=O)[nH]3)cc2)c(=O)n(C2CCN(Cc3ccccc3)CC2)c2ncnn12. The molecule has 0 radical (unpaired) electrons. The van der Waals surface area contributed by atoms with Gasteiger partial charge in [-0.05, 0) is 41.5 Å². The molecule has 45 heavy (non-hydrogen) atoms. The minimum absolute atomic E-state index is 0.0323. The number of aryl methyl sites for hydroxylation is 1. The third kappa shape index (κ3) is 5.76.